The van der Waals surface area contributed by atoms with Crippen molar-refractivity contribution in [3.05, 3.63) is 52.8 Å². The molecule has 142 valence electrons. The number of hydrogen-bond acceptors (Lipinski definition) is 4. The molecule has 2 heterocycles. The fraction of sp³-hybridized carbons (Fsp3) is 0.350. The van der Waals surface area contributed by atoms with Crippen LogP contribution in [0, 0.1) is 5.82 Å². The molecule has 0 saturated carbocycles. The van der Waals surface area contributed by atoms with Gasteiger partial charge in [0.15, 0.2) is 11.5 Å². The average Bonchev–Trinajstić information content (AvgIpc) is 3.12. The van der Waals surface area contributed by atoms with Gasteiger partial charge in [-0.3, -0.25) is 9.69 Å². The van der Waals surface area contributed by atoms with Gasteiger partial charge in [0.2, 0.25) is 5.91 Å². The normalized spacial score (nSPS) is 19.1. The molecule has 0 radical (unpaired) electrons. The number of carbonyl (C=O) groups is 1. The fourth-order valence-electron chi connectivity index (χ4n) is 3.62. The van der Waals surface area contributed by atoms with E-state index in [1.54, 1.807) is 0 Å². The second-order valence-electron chi connectivity index (χ2n) is 6.71. The standard InChI is InChI=1S/C20H20ClFN2O3/c21-15-11-14(4-5-16(15)22)23-20(25)12-24-7-1-2-17(24)13-3-6-18-19(10-13)27-9-8-26-18/h3-6,10-11,17H,1-2,7-9,12H2,(H,23,25)/t17-/m0/s1. The molecule has 0 bridgehead atoms. The summed E-state index contributed by atoms with van der Waals surface area (Å²) in [6.07, 6.45) is 2.00. The number of rotatable bonds is 4. The summed E-state index contributed by atoms with van der Waals surface area (Å²) in [5.74, 6) is 0.867. The molecule has 0 spiro atoms. The summed E-state index contributed by atoms with van der Waals surface area (Å²) >= 11 is 5.77. The van der Waals surface area contributed by atoms with E-state index in [0.29, 0.717) is 18.9 Å². The minimum atomic E-state index is -0.507. The van der Waals surface area contributed by atoms with E-state index in [0.717, 1.165) is 36.4 Å². The van der Waals surface area contributed by atoms with Crippen LogP contribution in [0.1, 0.15) is 24.4 Å². The number of nitrogens with zero attached hydrogens (tertiary/aromatic N) is 1. The van der Waals surface area contributed by atoms with Gasteiger partial charge in [-0.05, 0) is 55.3 Å². The predicted molar refractivity (Wildman–Crippen MR) is 101 cm³/mol. The minimum absolute atomic E-state index is 0.0110. The Bertz CT molecular complexity index is 861. The van der Waals surface area contributed by atoms with Crippen LogP contribution >= 0.6 is 11.6 Å². The van der Waals surface area contributed by atoms with Gasteiger partial charge in [-0.2, -0.15) is 0 Å². The summed E-state index contributed by atoms with van der Waals surface area (Å²) in [6, 6.07) is 10.3. The Kier molecular flexibility index (Phi) is 5.18. The highest BCUT2D eigenvalue weighted by Gasteiger charge is 2.28. The highest BCUT2D eigenvalue weighted by molar-refractivity contribution is 6.31. The largest absolute Gasteiger partial charge is 0.486 e. The molecule has 27 heavy (non-hydrogen) atoms. The summed E-state index contributed by atoms with van der Waals surface area (Å²) < 4.78 is 24.5. The Hall–Kier alpha value is -2.31. The second kappa shape index (κ2) is 7.74. The number of halogens is 2. The van der Waals surface area contributed by atoms with Gasteiger partial charge in [0.05, 0.1) is 11.6 Å². The molecule has 5 nitrogen and oxygen atoms in total. The van der Waals surface area contributed by atoms with Crippen molar-refractivity contribution in [2.45, 2.75) is 18.9 Å². The lowest BCUT2D eigenvalue weighted by molar-refractivity contribution is -0.117. The van der Waals surface area contributed by atoms with Crippen LogP contribution in [0.15, 0.2) is 36.4 Å². The van der Waals surface area contributed by atoms with Gasteiger partial charge < -0.3 is 14.8 Å². The quantitative estimate of drug-likeness (QED) is 0.856. The van der Waals surface area contributed by atoms with E-state index in [9.17, 15) is 9.18 Å². The summed E-state index contributed by atoms with van der Waals surface area (Å²) in [6.45, 7) is 2.22. The van der Waals surface area contributed by atoms with Gasteiger partial charge in [0, 0.05) is 11.7 Å². The van der Waals surface area contributed by atoms with Crippen molar-refractivity contribution >= 4 is 23.2 Å². The van der Waals surface area contributed by atoms with Crippen molar-refractivity contribution in [2.24, 2.45) is 0 Å². The summed E-state index contributed by atoms with van der Waals surface area (Å²) in [7, 11) is 0. The number of benzene rings is 2. The molecular formula is C20H20ClFN2O3. The number of nitrogens with one attached hydrogen (secondary N) is 1. The van der Waals surface area contributed by atoms with Gasteiger partial charge in [-0.1, -0.05) is 17.7 Å². The van der Waals surface area contributed by atoms with E-state index in [4.69, 9.17) is 21.1 Å². The van der Waals surface area contributed by atoms with Crippen LogP contribution in [0.2, 0.25) is 5.02 Å². The molecule has 2 aromatic rings. The first-order valence-electron chi connectivity index (χ1n) is 8.98. The molecule has 2 aliphatic heterocycles. The third kappa shape index (κ3) is 4.01. The maximum absolute atomic E-state index is 13.3. The molecule has 0 unspecified atom stereocenters. The van der Waals surface area contributed by atoms with E-state index in [-0.39, 0.29) is 23.5 Å². The van der Waals surface area contributed by atoms with Gasteiger partial charge in [0.1, 0.15) is 19.0 Å². The molecular weight excluding hydrogens is 371 g/mol. The van der Waals surface area contributed by atoms with Crippen LogP contribution in [0.25, 0.3) is 0 Å². The molecule has 4 rings (SSSR count). The molecule has 7 heteroatoms. The highest BCUT2D eigenvalue weighted by atomic mass is 35.5. The maximum atomic E-state index is 13.3. The molecule has 1 fully saturated rings. The summed E-state index contributed by atoms with van der Waals surface area (Å²) in [4.78, 5) is 14.6. The molecule has 2 aromatic carbocycles. The van der Waals surface area contributed by atoms with Crippen LogP contribution in [0.5, 0.6) is 11.5 Å². The smallest absolute Gasteiger partial charge is 0.238 e. The van der Waals surface area contributed by atoms with Gasteiger partial charge in [0.25, 0.3) is 0 Å². The van der Waals surface area contributed by atoms with Gasteiger partial charge >= 0.3 is 0 Å². The molecule has 1 saturated heterocycles. The fourth-order valence-corrected chi connectivity index (χ4v) is 3.80. The summed E-state index contributed by atoms with van der Waals surface area (Å²) in [5, 5.41) is 2.77. The number of fused-ring (bicyclic) bond motifs is 1. The van der Waals surface area contributed by atoms with Gasteiger partial charge in [-0.15, -0.1) is 0 Å². The lowest BCUT2D eigenvalue weighted by Crippen LogP contribution is -2.33. The van der Waals surface area contributed by atoms with E-state index in [2.05, 4.69) is 10.2 Å². The topological polar surface area (TPSA) is 50.8 Å². The Labute approximate surface area is 162 Å². The van der Waals surface area contributed by atoms with Gasteiger partial charge in [-0.25, -0.2) is 4.39 Å². The zero-order chi connectivity index (χ0) is 18.8. The van der Waals surface area contributed by atoms with Crippen molar-refractivity contribution in [1.82, 2.24) is 4.90 Å². The number of amides is 1. The maximum Gasteiger partial charge on any atom is 0.238 e. The van der Waals surface area contributed by atoms with Crippen molar-refractivity contribution < 1.29 is 18.7 Å². The van der Waals surface area contributed by atoms with Crippen LogP contribution in [-0.4, -0.2) is 37.1 Å². The molecule has 1 N–H and O–H groups in total. The molecule has 0 aliphatic carbocycles. The van der Waals surface area contributed by atoms with Crippen LogP contribution in [0.3, 0.4) is 0 Å². The Balaban J connectivity index is 1.43. The first-order chi connectivity index (χ1) is 13.1. The second-order valence-corrected chi connectivity index (χ2v) is 7.12. The van der Waals surface area contributed by atoms with E-state index >= 15 is 0 Å². The molecule has 0 aromatic heterocycles. The number of hydrogen-bond donors (Lipinski definition) is 1. The first kappa shape index (κ1) is 18.1. The van der Waals surface area contributed by atoms with Crippen LogP contribution in [-0.2, 0) is 4.79 Å². The van der Waals surface area contributed by atoms with E-state index in [1.807, 2.05) is 18.2 Å². The molecule has 2 aliphatic rings. The Morgan fingerprint density at radius 1 is 1.19 bits per heavy atom. The third-order valence-electron chi connectivity index (χ3n) is 4.86. The van der Waals surface area contributed by atoms with Crippen LogP contribution < -0.4 is 14.8 Å². The molecule has 1 amide bonds. The lowest BCUT2D eigenvalue weighted by Gasteiger charge is -2.26. The Morgan fingerprint density at radius 2 is 2.00 bits per heavy atom. The van der Waals surface area contributed by atoms with Crippen LogP contribution in [0.4, 0.5) is 10.1 Å². The Morgan fingerprint density at radius 3 is 2.81 bits per heavy atom. The summed E-state index contributed by atoms with van der Waals surface area (Å²) in [5.41, 5.74) is 1.61. The third-order valence-corrected chi connectivity index (χ3v) is 5.15. The molecule has 1 atom stereocenters. The zero-order valence-electron chi connectivity index (χ0n) is 14.7. The number of likely N-dealkylation sites (tertiary alicyclic amines) is 1. The number of carbonyl (C=O) groups excluding carboxylic acids is 1. The van der Waals surface area contributed by atoms with Crippen molar-refractivity contribution in [2.75, 3.05) is 31.6 Å². The van der Waals surface area contributed by atoms with Crippen molar-refractivity contribution in [3.8, 4) is 11.5 Å². The zero-order valence-corrected chi connectivity index (χ0v) is 15.5. The SMILES string of the molecule is O=C(CN1CCC[C@H]1c1ccc2c(c1)OCCO2)Nc1ccc(F)c(Cl)c1. The van der Waals surface area contributed by atoms with Crippen molar-refractivity contribution in [3.63, 3.8) is 0 Å². The number of anilines is 1. The lowest BCUT2D eigenvalue weighted by atomic mass is 10.0. The van der Waals surface area contributed by atoms with E-state index in [1.165, 1.54) is 18.2 Å². The van der Waals surface area contributed by atoms with Crippen molar-refractivity contribution in [1.29, 1.82) is 0 Å². The monoisotopic (exact) mass is 390 g/mol. The average molecular weight is 391 g/mol. The first-order valence-corrected chi connectivity index (χ1v) is 9.36. The minimum Gasteiger partial charge on any atom is -0.486 e. The van der Waals surface area contributed by atoms with E-state index < -0.39 is 5.82 Å². The highest BCUT2D eigenvalue weighted by Crippen LogP contribution is 2.37. The number of ether oxygens (including phenoxy) is 2. The predicted octanol–water partition coefficient (Wildman–Crippen LogP) is 4.03.